The van der Waals surface area contributed by atoms with Crippen molar-refractivity contribution in [2.24, 2.45) is 5.73 Å². The van der Waals surface area contributed by atoms with E-state index in [1.807, 2.05) is 6.92 Å². The van der Waals surface area contributed by atoms with E-state index in [-0.39, 0.29) is 6.04 Å². The lowest BCUT2D eigenvalue weighted by atomic mass is 10.1. The van der Waals surface area contributed by atoms with Gasteiger partial charge in [0.2, 0.25) is 0 Å². The summed E-state index contributed by atoms with van der Waals surface area (Å²) in [5.41, 5.74) is 5.30. The van der Waals surface area contributed by atoms with Gasteiger partial charge in [0.05, 0.1) is 6.54 Å². The predicted octanol–water partition coefficient (Wildman–Crippen LogP) is 2.00. The molecule has 0 aromatic carbocycles. The monoisotopic (exact) mass is 212 g/mol. The molecule has 0 aliphatic carbocycles. The Morgan fingerprint density at radius 1 is 1.36 bits per heavy atom. The van der Waals surface area contributed by atoms with Gasteiger partial charge in [0, 0.05) is 6.04 Å². The molecule has 0 bridgehead atoms. The van der Waals surface area contributed by atoms with Crippen molar-refractivity contribution in [3.8, 4) is 0 Å². The summed E-state index contributed by atoms with van der Waals surface area (Å²) >= 11 is 0. The van der Waals surface area contributed by atoms with Crippen LogP contribution in [0.15, 0.2) is 0 Å². The Morgan fingerprint density at radius 3 is 2.29 bits per heavy atom. The van der Waals surface area contributed by atoms with Crippen molar-refractivity contribution in [2.75, 3.05) is 19.6 Å². The van der Waals surface area contributed by atoms with E-state index in [1.165, 1.54) is 4.90 Å². The van der Waals surface area contributed by atoms with Crippen molar-refractivity contribution >= 4 is 0 Å². The van der Waals surface area contributed by atoms with E-state index in [4.69, 9.17) is 5.73 Å². The van der Waals surface area contributed by atoms with Crippen molar-refractivity contribution in [1.29, 1.82) is 0 Å². The molecule has 0 amide bonds. The lowest BCUT2D eigenvalue weighted by Gasteiger charge is -2.28. The highest BCUT2D eigenvalue weighted by Gasteiger charge is 2.31. The maximum absolute atomic E-state index is 12.1. The molecular weight excluding hydrogens is 193 g/mol. The topological polar surface area (TPSA) is 29.3 Å². The van der Waals surface area contributed by atoms with Crippen LogP contribution in [0.4, 0.5) is 13.2 Å². The summed E-state index contributed by atoms with van der Waals surface area (Å²) in [6.07, 6.45) is -2.61. The molecule has 5 heteroatoms. The third kappa shape index (κ3) is 6.21. The molecule has 0 saturated heterocycles. The summed E-state index contributed by atoms with van der Waals surface area (Å²) < 4.78 is 36.3. The van der Waals surface area contributed by atoms with E-state index >= 15 is 0 Å². The third-order valence-electron chi connectivity index (χ3n) is 2.24. The summed E-state index contributed by atoms with van der Waals surface area (Å²) in [7, 11) is 0. The Morgan fingerprint density at radius 2 is 1.93 bits per heavy atom. The van der Waals surface area contributed by atoms with Crippen molar-refractivity contribution in [2.45, 2.75) is 38.9 Å². The van der Waals surface area contributed by atoms with Crippen molar-refractivity contribution in [1.82, 2.24) is 4.90 Å². The first-order valence-electron chi connectivity index (χ1n) is 4.91. The number of alkyl halides is 3. The fourth-order valence-electron chi connectivity index (χ4n) is 1.41. The minimum absolute atomic E-state index is 0.0508. The molecule has 1 atom stereocenters. The number of halogens is 3. The number of hydrogen-bond acceptors (Lipinski definition) is 2. The van der Waals surface area contributed by atoms with E-state index in [2.05, 4.69) is 0 Å². The van der Waals surface area contributed by atoms with Crippen LogP contribution in [-0.2, 0) is 0 Å². The molecule has 2 N–H and O–H groups in total. The molecule has 0 aromatic heterocycles. The standard InChI is InChI=1S/C9H19F3N2/c1-3-14(7-9(10,11)12)8(2)5-4-6-13/h8H,3-7,13H2,1-2H3. The van der Waals surface area contributed by atoms with E-state index in [0.29, 0.717) is 13.1 Å². The van der Waals surface area contributed by atoms with Gasteiger partial charge in [-0.3, -0.25) is 4.90 Å². The summed E-state index contributed by atoms with van der Waals surface area (Å²) in [6, 6.07) is -0.0508. The highest BCUT2D eigenvalue weighted by molar-refractivity contribution is 4.69. The van der Waals surface area contributed by atoms with Crippen LogP contribution in [0.3, 0.4) is 0 Å². The number of hydrogen-bond donors (Lipinski definition) is 1. The zero-order valence-electron chi connectivity index (χ0n) is 8.77. The van der Waals surface area contributed by atoms with Gasteiger partial charge in [0.1, 0.15) is 0 Å². The van der Waals surface area contributed by atoms with Crippen LogP contribution in [0.2, 0.25) is 0 Å². The van der Waals surface area contributed by atoms with Crippen molar-refractivity contribution < 1.29 is 13.2 Å². The Kier molecular flexibility index (Phi) is 6.11. The van der Waals surface area contributed by atoms with Gasteiger partial charge in [0.25, 0.3) is 0 Å². The highest BCUT2D eigenvalue weighted by atomic mass is 19.4. The quantitative estimate of drug-likeness (QED) is 0.729. The largest absolute Gasteiger partial charge is 0.401 e. The molecule has 0 fully saturated rings. The van der Waals surface area contributed by atoms with Crippen molar-refractivity contribution in [3.05, 3.63) is 0 Å². The van der Waals surface area contributed by atoms with Gasteiger partial charge >= 0.3 is 6.18 Å². The van der Waals surface area contributed by atoms with Gasteiger partial charge < -0.3 is 5.73 Å². The maximum Gasteiger partial charge on any atom is 0.401 e. The smallest absolute Gasteiger partial charge is 0.330 e. The van der Waals surface area contributed by atoms with Crippen LogP contribution >= 0.6 is 0 Å². The molecule has 0 saturated carbocycles. The molecule has 86 valence electrons. The first kappa shape index (κ1) is 13.7. The minimum atomic E-state index is -4.10. The van der Waals surface area contributed by atoms with Crippen LogP contribution < -0.4 is 5.73 Å². The Labute approximate surface area is 83.3 Å². The van der Waals surface area contributed by atoms with Crippen LogP contribution in [0.25, 0.3) is 0 Å². The predicted molar refractivity (Wildman–Crippen MR) is 51.1 cm³/mol. The minimum Gasteiger partial charge on any atom is -0.330 e. The van der Waals surface area contributed by atoms with Crippen LogP contribution in [0, 0.1) is 0 Å². The Balaban J connectivity index is 3.99. The summed E-state index contributed by atoms with van der Waals surface area (Å²) in [5.74, 6) is 0. The van der Waals surface area contributed by atoms with E-state index in [1.54, 1.807) is 6.92 Å². The summed E-state index contributed by atoms with van der Waals surface area (Å²) in [6.45, 7) is 3.68. The molecule has 0 heterocycles. The van der Waals surface area contributed by atoms with Crippen LogP contribution in [0.5, 0.6) is 0 Å². The molecule has 1 unspecified atom stereocenters. The Hall–Kier alpha value is -0.290. The Bertz CT molecular complexity index is 147. The second kappa shape index (κ2) is 6.24. The molecule has 0 aliphatic heterocycles. The normalized spacial score (nSPS) is 14.8. The molecule has 0 rings (SSSR count). The zero-order chi connectivity index (χ0) is 11.2. The van der Waals surface area contributed by atoms with Gasteiger partial charge in [-0.25, -0.2) is 0 Å². The second-order valence-electron chi connectivity index (χ2n) is 3.46. The first-order valence-corrected chi connectivity index (χ1v) is 4.91. The molecule has 2 nitrogen and oxygen atoms in total. The second-order valence-corrected chi connectivity index (χ2v) is 3.46. The molecule has 0 radical (unpaired) electrons. The highest BCUT2D eigenvalue weighted by Crippen LogP contribution is 2.18. The number of nitrogens with two attached hydrogens (primary N) is 1. The SMILES string of the molecule is CCN(CC(F)(F)F)C(C)CCCN. The first-order chi connectivity index (χ1) is 6.40. The fourth-order valence-corrected chi connectivity index (χ4v) is 1.41. The third-order valence-corrected chi connectivity index (χ3v) is 2.24. The summed E-state index contributed by atoms with van der Waals surface area (Å²) in [5, 5.41) is 0. The average Bonchev–Trinajstić information content (AvgIpc) is 2.08. The van der Waals surface area contributed by atoms with Gasteiger partial charge in [-0.1, -0.05) is 6.92 Å². The van der Waals surface area contributed by atoms with E-state index < -0.39 is 12.7 Å². The van der Waals surface area contributed by atoms with Gasteiger partial charge in [-0.2, -0.15) is 13.2 Å². The number of nitrogens with zero attached hydrogens (tertiary/aromatic N) is 1. The number of rotatable bonds is 6. The fraction of sp³-hybridized carbons (Fsp3) is 1.00. The van der Waals surface area contributed by atoms with Crippen molar-refractivity contribution in [3.63, 3.8) is 0 Å². The van der Waals surface area contributed by atoms with Gasteiger partial charge in [-0.05, 0) is 32.9 Å². The van der Waals surface area contributed by atoms with Gasteiger partial charge in [0.15, 0.2) is 0 Å². The summed E-state index contributed by atoms with van der Waals surface area (Å²) in [4.78, 5) is 1.43. The van der Waals surface area contributed by atoms with E-state index in [9.17, 15) is 13.2 Å². The van der Waals surface area contributed by atoms with Crippen LogP contribution in [-0.4, -0.2) is 36.8 Å². The molecule has 0 aromatic rings. The molecular formula is C9H19F3N2. The molecule has 14 heavy (non-hydrogen) atoms. The lowest BCUT2D eigenvalue weighted by Crippen LogP contribution is -2.40. The zero-order valence-corrected chi connectivity index (χ0v) is 8.77. The van der Waals surface area contributed by atoms with Gasteiger partial charge in [-0.15, -0.1) is 0 Å². The maximum atomic E-state index is 12.1. The molecule has 0 spiro atoms. The lowest BCUT2D eigenvalue weighted by molar-refractivity contribution is -0.149. The van der Waals surface area contributed by atoms with E-state index in [0.717, 1.165) is 12.8 Å². The average molecular weight is 212 g/mol. The van der Waals surface area contributed by atoms with Crippen LogP contribution in [0.1, 0.15) is 26.7 Å². The molecule has 0 aliphatic rings.